The maximum absolute atomic E-state index is 13.4. The number of nitrogens with one attached hydrogen (secondary N) is 1. The van der Waals surface area contributed by atoms with Crippen LogP contribution >= 0.6 is 11.6 Å². The molecule has 0 spiro atoms. The molecule has 8 heteroatoms. The van der Waals surface area contributed by atoms with Crippen molar-refractivity contribution in [2.24, 2.45) is 5.73 Å². The lowest BCUT2D eigenvalue weighted by Crippen LogP contribution is -2.34. The summed E-state index contributed by atoms with van der Waals surface area (Å²) in [6.45, 7) is 0. The molecule has 206 valence electrons. The van der Waals surface area contributed by atoms with Crippen LogP contribution in [0.3, 0.4) is 0 Å². The summed E-state index contributed by atoms with van der Waals surface area (Å²) in [6.07, 6.45) is 1.94. The lowest BCUT2D eigenvalue weighted by molar-refractivity contribution is 0.0929. The van der Waals surface area contributed by atoms with Crippen LogP contribution in [0.5, 0.6) is 5.75 Å². The lowest BCUT2D eigenvalue weighted by Gasteiger charge is -2.19. The van der Waals surface area contributed by atoms with Gasteiger partial charge in [-0.15, -0.1) is 0 Å². The molecule has 2 amide bonds. The predicted octanol–water partition coefficient (Wildman–Crippen LogP) is 7.01. The van der Waals surface area contributed by atoms with Gasteiger partial charge in [0.1, 0.15) is 22.9 Å². The first-order valence-electron chi connectivity index (χ1n) is 13.1. The van der Waals surface area contributed by atoms with Gasteiger partial charge in [-0.25, -0.2) is 4.39 Å². The molecule has 41 heavy (non-hydrogen) atoms. The first-order valence-corrected chi connectivity index (χ1v) is 13.5. The number of carbonyl (C=O) groups is 2. The molecule has 5 aromatic rings. The van der Waals surface area contributed by atoms with E-state index in [2.05, 4.69) is 5.32 Å². The Kier molecular flexibility index (Phi) is 6.75. The molecule has 4 aromatic carbocycles. The Bertz CT molecular complexity index is 1810. The van der Waals surface area contributed by atoms with Gasteiger partial charge in [-0.3, -0.25) is 9.59 Å². The fourth-order valence-corrected chi connectivity index (χ4v) is 5.43. The molecule has 1 aliphatic carbocycles. The Morgan fingerprint density at radius 3 is 2.51 bits per heavy atom. The number of nitrogens with two attached hydrogens (primary N) is 1. The summed E-state index contributed by atoms with van der Waals surface area (Å²) >= 11 is 6.60. The van der Waals surface area contributed by atoms with Crippen molar-refractivity contribution >= 4 is 34.4 Å². The maximum Gasteiger partial charge on any atom is 0.252 e. The molecule has 1 aromatic heterocycles. The number of ether oxygens (including phenoxy) is 1. The average molecular weight is 569 g/mol. The van der Waals surface area contributed by atoms with Gasteiger partial charge in [-0.05, 0) is 84.1 Å². The average Bonchev–Trinajstić information content (AvgIpc) is 3.66. The van der Waals surface area contributed by atoms with Crippen LogP contribution < -0.4 is 15.8 Å². The van der Waals surface area contributed by atoms with E-state index < -0.39 is 11.4 Å². The van der Waals surface area contributed by atoms with E-state index >= 15 is 0 Å². The summed E-state index contributed by atoms with van der Waals surface area (Å²) in [5.74, 6) is -0.0691. The van der Waals surface area contributed by atoms with Crippen molar-refractivity contribution in [1.29, 1.82) is 0 Å². The van der Waals surface area contributed by atoms with Crippen molar-refractivity contribution in [2.45, 2.75) is 24.8 Å². The van der Waals surface area contributed by atoms with Crippen LogP contribution in [-0.4, -0.2) is 18.9 Å². The zero-order chi connectivity index (χ0) is 28.7. The highest BCUT2D eigenvalue weighted by Gasteiger charge is 2.46. The van der Waals surface area contributed by atoms with Crippen molar-refractivity contribution in [1.82, 2.24) is 5.32 Å². The van der Waals surface area contributed by atoms with Crippen LogP contribution in [0, 0.1) is 5.82 Å². The fraction of sp³-hybridized carbons (Fsp3) is 0.152. The highest BCUT2D eigenvalue weighted by atomic mass is 35.5. The van der Waals surface area contributed by atoms with Crippen LogP contribution in [0.1, 0.15) is 50.4 Å². The standard InChI is InChI=1S/C33H26ClFN2O4/c1-40-24-4-2-3-22(18-24)33(13-14-33)37-32(39)21-7-11-27(34)25(17-21)20-8-12-28-26(16-20)30(31(36)38)29(41-28)15-19-5-9-23(35)10-6-19/h2-12,16-18H,13-15H2,1H3,(H2,36,38)(H,37,39). The summed E-state index contributed by atoms with van der Waals surface area (Å²) in [6, 6.07) is 24.2. The van der Waals surface area contributed by atoms with Gasteiger partial charge >= 0.3 is 0 Å². The molecule has 0 atom stereocenters. The van der Waals surface area contributed by atoms with Crippen LogP contribution in [0.15, 0.2) is 89.3 Å². The number of benzene rings is 4. The third-order valence-electron chi connectivity index (χ3n) is 7.55. The van der Waals surface area contributed by atoms with Crippen molar-refractivity contribution in [3.63, 3.8) is 0 Å². The van der Waals surface area contributed by atoms with Gasteiger partial charge < -0.3 is 20.2 Å². The summed E-state index contributed by atoms with van der Waals surface area (Å²) in [5.41, 5.74) is 9.64. The Hall–Kier alpha value is -4.62. The SMILES string of the molecule is COc1cccc(C2(NC(=O)c3ccc(Cl)c(-c4ccc5oc(Cc6ccc(F)cc6)c(C(N)=O)c5c4)c3)CC2)c1. The van der Waals surface area contributed by atoms with E-state index in [1.54, 1.807) is 49.6 Å². The minimum Gasteiger partial charge on any atom is -0.497 e. The number of carbonyl (C=O) groups excluding carboxylic acids is 2. The molecule has 1 heterocycles. The minimum absolute atomic E-state index is 0.216. The Morgan fingerprint density at radius 1 is 1.02 bits per heavy atom. The van der Waals surface area contributed by atoms with Crippen molar-refractivity contribution < 1.29 is 23.1 Å². The molecule has 0 radical (unpaired) electrons. The normalized spacial score (nSPS) is 13.6. The van der Waals surface area contributed by atoms with Crippen LogP contribution in [0.2, 0.25) is 5.02 Å². The number of primary amides is 1. The Balaban J connectivity index is 1.32. The molecule has 6 rings (SSSR count). The highest BCUT2D eigenvalue weighted by Crippen LogP contribution is 2.46. The van der Waals surface area contributed by atoms with Crippen molar-refractivity contribution in [3.8, 4) is 16.9 Å². The van der Waals surface area contributed by atoms with E-state index in [-0.39, 0.29) is 23.7 Å². The van der Waals surface area contributed by atoms with Crippen molar-refractivity contribution in [2.75, 3.05) is 7.11 Å². The van der Waals surface area contributed by atoms with E-state index in [1.807, 2.05) is 30.3 Å². The highest BCUT2D eigenvalue weighted by molar-refractivity contribution is 6.33. The smallest absolute Gasteiger partial charge is 0.252 e. The summed E-state index contributed by atoms with van der Waals surface area (Å²) in [5, 5.41) is 4.18. The number of halogens is 2. The van der Waals surface area contributed by atoms with E-state index in [9.17, 15) is 14.0 Å². The molecule has 1 saturated carbocycles. The minimum atomic E-state index is -0.635. The number of rotatable bonds is 8. The topological polar surface area (TPSA) is 94.6 Å². The quantitative estimate of drug-likeness (QED) is 0.210. The molecular weight excluding hydrogens is 543 g/mol. The molecule has 0 bridgehead atoms. The molecule has 0 saturated heterocycles. The van der Waals surface area contributed by atoms with E-state index in [0.29, 0.717) is 38.4 Å². The Morgan fingerprint density at radius 2 is 1.80 bits per heavy atom. The fourth-order valence-electron chi connectivity index (χ4n) is 5.21. The monoisotopic (exact) mass is 568 g/mol. The molecule has 0 unspecified atom stereocenters. The third-order valence-corrected chi connectivity index (χ3v) is 7.88. The van der Waals surface area contributed by atoms with Crippen LogP contribution in [0.25, 0.3) is 22.1 Å². The number of methoxy groups -OCH3 is 1. The number of hydrogen-bond acceptors (Lipinski definition) is 4. The van der Waals surface area contributed by atoms with E-state index in [1.165, 1.54) is 12.1 Å². The van der Waals surface area contributed by atoms with Gasteiger partial charge in [-0.1, -0.05) is 41.9 Å². The van der Waals surface area contributed by atoms with Crippen molar-refractivity contribution in [3.05, 3.63) is 124 Å². The number of hydrogen-bond donors (Lipinski definition) is 2. The second-order valence-corrected chi connectivity index (χ2v) is 10.6. The molecule has 1 fully saturated rings. The van der Waals surface area contributed by atoms with Gasteiger partial charge in [0.15, 0.2) is 0 Å². The van der Waals surface area contributed by atoms with Gasteiger partial charge in [0, 0.05) is 28.0 Å². The predicted molar refractivity (Wildman–Crippen MR) is 156 cm³/mol. The summed E-state index contributed by atoms with van der Waals surface area (Å²) in [4.78, 5) is 25.9. The van der Waals surface area contributed by atoms with Crippen LogP contribution in [-0.2, 0) is 12.0 Å². The summed E-state index contributed by atoms with van der Waals surface area (Å²) in [7, 11) is 1.62. The zero-order valence-corrected chi connectivity index (χ0v) is 22.9. The summed E-state index contributed by atoms with van der Waals surface area (Å²) < 4.78 is 24.7. The first kappa shape index (κ1) is 26.6. The zero-order valence-electron chi connectivity index (χ0n) is 22.2. The Labute approximate surface area is 240 Å². The molecule has 6 nitrogen and oxygen atoms in total. The second kappa shape index (κ2) is 10.4. The van der Waals surface area contributed by atoms with Crippen LogP contribution in [0.4, 0.5) is 4.39 Å². The molecule has 0 aliphatic heterocycles. The third kappa shape index (κ3) is 5.16. The number of fused-ring (bicyclic) bond motifs is 1. The second-order valence-electron chi connectivity index (χ2n) is 10.2. The largest absolute Gasteiger partial charge is 0.497 e. The maximum atomic E-state index is 13.4. The molecular formula is C33H26ClFN2O4. The van der Waals surface area contributed by atoms with Gasteiger partial charge in [0.05, 0.1) is 18.2 Å². The lowest BCUT2D eigenvalue weighted by atomic mass is 9.98. The van der Waals surface area contributed by atoms with Gasteiger partial charge in [-0.2, -0.15) is 0 Å². The van der Waals surface area contributed by atoms with E-state index in [0.717, 1.165) is 29.7 Å². The number of furan rings is 1. The number of amides is 2. The first-order chi connectivity index (χ1) is 19.8. The van der Waals surface area contributed by atoms with Gasteiger partial charge in [0.25, 0.3) is 11.8 Å². The molecule has 3 N–H and O–H groups in total. The van der Waals surface area contributed by atoms with Gasteiger partial charge in [0.2, 0.25) is 0 Å². The molecule has 1 aliphatic rings. The van der Waals surface area contributed by atoms with E-state index in [4.69, 9.17) is 26.5 Å².